The number of imidazole rings is 1. The molecule has 0 N–H and O–H groups in total. The minimum absolute atomic E-state index is 0.0766. The van der Waals surface area contributed by atoms with Crippen LogP contribution in [0.15, 0.2) is 150 Å². The maximum Gasteiger partial charge on any atom is 0.267 e. The van der Waals surface area contributed by atoms with Gasteiger partial charge in [-0.05, 0) is 81.4 Å². The molecule has 0 radical (unpaired) electrons. The van der Waals surface area contributed by atoms with Gasteiger partial charge < -0.3 is 0 Å². The summed E-state index contributed by atoms with van der Waals surface area (Å²) < 4.78 is 3.82. The summed E-state index contributed by atoms with van der Waals surface area (Å²) in [5.41, 5.74) is 12.2. The lowest BCUT2D eigenvalue weighted by atomic mass is 9.89. The average Bonchev–Trinajstić information content (AvgIpc) is 3.61. The first kappa shape index (κ1) is 23.9. The topological polar surface area (TPSA) is 39.3 Å². The van der Waals surface area contributed by atoms with Crippen LogP contribution in [0.5, 0.6) is 0 Å². The molecule has 0 saturated heterocycles. The fourth-order valence-corrected chi connectivity index (χ4v) is 6.88. The molecule has 9 rings (SSSR count). The number of fused-ring (bicyclic) bond motifs is 8. The van der Waals surface area contributed by atoms with Crippen LogP contribution in [0.1, 0.15) is 22.6 Å². The van der Waals surface area contributed by atoms with Gasteiger partial charge in [0, 0.05) is 5.92 Å². The van der Waals surface area contributed by atoms with Gasteiger partial charge in [-0.25, -0.2) is 9.55 Å². The lowest BCUT2D eigenvalue weighted by Gasteiger charge is -2.15. The molecule has 0 saturated carbocycles. The lowest BCUT2D eigenvalue weighted by molar-refractivity contribution is 0.983. The summed E-state index contributed by atoms with van der Waals surface area (Å²) in [4.78, 5) is 18.8. The van der Waals surface area contributed by atoms with Crippen LogP contribution in [-0.4, -0.2) is 14.0 Å². The Morgan fingerprint density at radius 1 is 0.558 bits per heavy atom. The van der Waals surface area contributed by atoms with Crippen LogP contribution in [0.2, 0.25) is 0 Å². The Hall–Kier alpha value is -5.74. The van der Waals surface area contributed by atoms with E-state index in [1.807, 2.05) is 60.7 Å². The van der Waals surface area contributed by atoms with Gasteiger partial charge in [0.05, 0.1) is 27.6 Å². The van der Waals surface area contributed by atoms with Crippen molar-refractivity contribution in [3.05, 3.63) is 173 Å². The molecule has 1 atom stereocenters. The monoisotopic (exact) mass is 551 g/mol. The Morgan fingerprint density at radius 3 is 2.09 bits per heavy atom. The summed E-state index contributed by atoms with van der Waals surface area (Å²) >= 11 is 0. The first-order valence-electron chi connectivity index (χ1n) is 14.6. The van der Waals surface area contributed by atoms with Crippen LogP contribution < -0.4 is 5.56 Å². The Kier molecular flexibility index (Phi) is 5.08. The Balaban J connectivity index is 1.18. The molecule has 0 spiro atoms. The molecular weight excluding hydrogens is 526 g/mol. The third-order valence-electron chi connectivity index (χ3n) is 8.84. The highest BCUT2D eigenvalue weighted by Gasteiger charge is 2.29. The maximum absolute atomic E-state index is 13.9. The third kappa shape index (κ3) is 3.50. The normalized spacial score (nSPS) is 13.9. The minimum atomic E-state index is -0.0766. The lowest BCUT2D eigenvalue weighted by Crippen LogP contribution is -2.21. The van der Waals surface area contributed by atoms with Crippen molar-refractivity contribution in [1.82, 2.24) is 14.0 Å². The predicted octanol–water partition coefficient (Wildman–Crippen LogP) is 8.62. The predicted molar refractivity (Wildman–Crippen MR) is 174 cm³/mol. The number of hydrogen-bond acceptors (Lipinski definition) is 2. The second-order valence-electron chi connectivity index (χ2n) is 11.2. The van der Waals surface area contributed by atoms with Crippen molar-refractivity contribution in [2.45, 2.75) is 5.92 Å². The minimum Gasteiger partial charge on any atom is -0.277 e. The molecule has 0 bridgehead atoms. The number of aromatic nitrogens is 3. The maximum atomic E-state index is 13.9. The molecule has 1 aliphatic rings. The first-order chi connectivity index (χ1) is 21.3. The van der Waals surface area contributed by atoms with E-state index in [0.29, 0.717) is 11.2 Å². The molecule has 0 fully saturated rings. The number of hydrogen-bond donors (Lipinski definition) is 0. The van der Waals surface area contributed by atoms with Crippen molar-refractivity contribution in [3.8, 4) is 27.9 Å². The smallest absolute Gasteiger partial charge is 0.267 e. The molecule has 43 heavy (non-hydrogen) atoms. The Labute approximate surface area is 247 Å². The molecule has 2 heterocycles. The standard InChI is InChI=1S/C39H25N3O/c43-38-32-14-6-8-16-35(32)42-36-17-9-7-15-34(36)40-39(42)41(38)28-21-18-25(19-22-28)27-20-23-31-33(24-27)29-12-4-5-13-30(29)37(31)26-10-2-1-3-11-26/h1-24,37H. The van der Waals surface area contributed by atoms with E-state index in [-0.39, 0.29) is 11.5 Å². The van der Waals surface area contributed by atoms with Gasteiger partial charge in [-0.15, -0.1) is 0 Å². The molecule has 1 unspecified atom stereocenters. The first-order valence-corrected chi connectivity index (χ1v) is 14.6. The SMILES string of the molecule is O=c1c2ccccc2n2c3ccccc3nc2n1-c1ccc(-c2ccc3c(c2)-c2ccccc2C3c2ccccc2)cc1. The van der Waals surface area contributed by atoms with E-state index in [1.165, 1.54) is 27.8 Å². The Morgan fingerprint density at radius 2 is 1.23 bits per heavy atom. The van der Waals surface area contributed by atoms with Gasteiger partial charge in [0.1, 0.15) is 0 Å². The highest BCUT2D eigenvalue weighted by atomic mass is 16.1. The fraction of sp³-hybridized carbons (Fsp3) is 0.0256. The van der Waals surface area contributed by atoms with Crippen LogP contribution in [0, 0.1) is 0 Å². The van der Waals surface area contributed by atoms with E-state index < -0.39 is 0 Å². The van der Waals surface area contributed by atoms with Crippen LogP contribution in [0.4, 0.5) is 0 Å². The number of nitrogens with zero attached hydrogens (tertiary/aromatic N) is 3. The molecule has 202 valence electrons. The molecule has 0 amide bonds. The van der Waals surface area contributed by atoms with E-state index >= 15 is 0 Å². The highest BCUT2D eigenvalue weighted by Crippen LogP contribution is 2.48. The van der Waals surface area contributed by atoms with E-state index in [9.17, 15) is 4.79 Å². The summed E-state index contributed by atoms with van der Waals surface area (Å²) in [6.45, 7) is 0. The molecule has 0 aliphatic heterocycles. The molecule has 4 heteroatoms. The van der Waals surface area contributed by atoms with E-state index in [2.05, 4.69) is 89.3 Å². The van der Waals surface area contributed by atoms with E-state index in [1.54, 1.807) is 4.57 Å². The molecule has 8 aromatic rings. The van der Waals surface area contributed by atoms with Crippen LogP contribution in [0.25, 0.3) is 55.7 Å². The molecule has 1 aliphatic carbocycles. The van der Waals surface area contributed by atoms with Crippen LogP contribution >= 0.6 is 0 Å². The van der Waals surface area contributed by atoms with Crippen molar-refractivity contribution in [3.63, 3.8) is 0 Å². The zero-order valence-electron chi connectivity index (χ0n) is 23.2. The third-order valence-corrected chi connectivity index (χ3v) is 8.84. The highest BCUT2D eigenvalue weighted by molar-refractivity contribution is 5.90. The zero-order valence-corrected chi connectivity index (χ0v) is 23.2. The molecule has 2 aromatic heterocycles. The molecule has 4 nitrogen and oxygen atoms in total. The zero-order chi connectivity index (χ0) is 28.5. The largest absolute Gasteiger partial charge is 0.277 e. The second-order valence-corrected chi connectivity index (χ2v) is 11.2. The quantitative estimate of drug-likeness (QED) is 0.221. The summed E-state index contributed by atoms with van der Waals surface area (Å²) in [6, 6.07) is 50.3. The summed E-state index contributed by atoms with van der Waals surface area (Å²) in [7, 11) is 0. The van der Waals surface area contributed by atoms with Crippen molar-refractivity contribution in [1.29, 1.82) is 0 Å². The van der Waals surface area contributed by atoms with Crippen molar-refractivity contribution >= 4 is 27.7 Å². The second kappa shape index (κ2) is 9.13. The van der Waals surface area contributed by atoms with Gasteiger partial charge in [-0.1, -0.05) is 103 Å². The number of benzene rings is 6. The molecule has 6 aromatic carbocycles. The summed E-state index contributed by atoms with van der Waals surface area (Å²) in [6.07, 6.45) is 0. The van der Waals surface area contributed by atoms with E-state index in [4.69, 9.17) is 4.98 Å². The fourth-order valence-electron chi connectivity index (χ4n) is 6.88. The number of rotatable bonds is 3. The Bertz CT molecular complexity index is 2420. The van der Waals surface area contributed by atoms with Gasteiger partial charge in [0.2, 0.25) is 5.78 Å². The van der Waals surface area contributed by atoms with Crippen molar-refractivity contribution in [2.24, 2.45) is 0 Å². The summed E-state index contributed by atoms with van der Waals surface area (Å²) in [5.74, 6) is 0.842. The van der Waals surface area contributed by atoms with Gasteiger partial charge in [-0.2, -0.15) is 0 Å². The van der Waals surface area contributed by atoms with Gasteiger partial charge in [0.25, 0.3) is 5.56 Å². The summed E-state index contributed by atoms with van der Waals surface area (Å²) in [5, 5.41) is 0.660. The van der Waals surface area contributed by atoms with Crippen LogP contribution in [-0.2, 0) is 0 Å². The average molecular weight is 552 g/mol. The van der Waals surface area contributed by atoms with Gasteiger partial charge in [0.15, 0.2) is 0 Å². The van der Waals surface area contributed by atoms with E-state index in [0.717, 1.165) is 33.4 Å². The molecular formula is C39H25N3O. The van der Waals surface area contributed by atoms with Gasteiger partial charge >= 0.3 is 0 Å². The van der Waals surface area contributed by atoms with Crippen molar-refractivity contribution < 1.29 is 0 Å². The van der Waals surface area contributed by atoms with Gasteiger partial charge in [-0.3, -0.25) is 9.20 Å². The van der Waals surface area contributed by atoms with Crippen LogP contribution in [0.3, 0.4) is 0 Å². The van der Waals surface area contributed by atoms with Crippen molar-refractivity contribution in [2.75, 3.05) is 0 Å². The number of para-hydroxylation sites is 3.